The number of ether oxygens (including phenoxy) is 2. The predicted molar refractivity (Wildman–Crippen MR) is 115 cm³/mol. The number of thioether (sulfide) groups is 1. The van der Waals surface area contributed by atoms with E-state index in [0.29, 0.717) is 26.5 Å². The zero-order valence-corrected chi connectivity index (χ0v) is 19.0. The third-order valence-corrected chi connectivity index (χ3v) is 5.59. The van der Waals surface area contributed by atoms with Gasteiger partial charge in [-0.2, -0.15) is 0 Å². The fourth-order valence-corrected chi connectivity index (χ4v) is 4.13. The second kappa shape index (κ2) is 9.94. The highest BCUT2D eigenvalue weighted by Gasteiger charge is 2.20. The zero-order valence-electron chi connectivity index (χ0n) is 17.3. The molecule has 0 bridgehead atoms. The highest BCUT2D eigenvalue weighted by Crippen LogP contribution is 2.28. The van der Waals surface area contributed by atoms with Crippen LogP contribution in [0, 0.1) is 6.92 Å². The van der Waals surface area contributed by atoms with Gasteiger partial charge < -0.3 is 14.5 Å². The monoisotopic (exact) mass is 456 g/mol. The number of hydrazine groups is 1. The number of aromatic nitrogens is 2. The first-order valence-corrected chi connectivity index (χ1v) is 11.0. The average molecular weight is 457 g/mol. The number of hydrogen-bond donors (Lipinski definition) is 3. The molecule has 0 spiro atoms. The Bertz CT molecular complexity index is 1010. The molecule has 2 heterocycles. The van der Waals surface area contributed by atoms with Crippen molar-refractivity contribution in [3.8, 4) is 0 Å². The molecule has 0 saturated carbocycles. The van der Waals surface area contributed by atoms with Gasteiger partial charge in [0.05, 0.1) is 23.5 Å². The van der Waals surface area contributed by atoms with E-state index < -0.39 is 23.6 Å². The minimum absolute atomic E-state index is 0.0229. The van der Waals surface area contributed by atoms with Gasteiger partial charge in [-0.15, -0.1) is 23.1 Å². The number of aromatic amines is 1. The van der Waals surface area contributed by atoms with Gasteiger partial charge in [0.1, 0.15) is 21.1 Å². The molecule has 0 fully saturated rings. The van der Waals surface area contributed by atoms with Gasteiger partial charge in [0.2, 0.25) is 5.91 Å². The molecular formula is C18H24N4O6S2. The van der Waals surface area contributed by atoms with E-state index in [1.165, 1.54) is 11.8 Å². The summed E-state index contributed by atoms with van der Waals surface area (Å²) in [6, 6.07) is 0. The standard InChI is InChI=1S/C18H24N4O6S2/c1-6-27-16(25)13-9(2)12-14(24)19-10(20-15(12)30-13)7-29-8-11(23)21-22-17(26)28-18(3,4)5/h6-8H2,1-5H3,(H,21,23)(H,22,26)(H,19,20,24). The summed E-state index contributed by atoms with van der Waals surface area (Å²) in [6.45, 7) is 8.75. The molecule has 2 aromatic heterocycles. The minimum atomic E-state index is -0.761. The van der Waals surface area contributed by atoms with Crippen LogP contribution < -0.4 is 16.4 Å². The Labute approximate surface area is 181 Å². The molecule has 0 aromatic carbocycles. The Morgan fingerprint density at radius 2 is 1.93 bits per heavy atom. The van der Waals surface area contributed by atoms with E-state index in [2.05, 4.69) is 20.8 Å². The van der Waals surface area contributed by atoms with Gasteiger partial charge in [0.15, 0.2) is 0 Å². The lowest BCUT2D eigenvalue weighted by Gasteiger charge is -2.19. The third-order valence-electron chi connectivity index (χ3n) is 3.49. The van der Waals surface area contributed by atoms with Crippen molar-refractivity contribution in [3.63, 3.8) is 0 Å². The van der Waals surface area contributed by atoms with E-state index in [0.717, 1.165) is 11.3 Å². The van der Waals surface area contributed by atoms with E-state index in [1.54, 1.807) is 34.6 Å². The lowest BCUT2D eigenvalue weighted by atomic mass is 10.2. The minimum Gasteiger partial charge on any atom is -0.462 e. The van der Waals surface area contributed by atoms with Crippen LogP contribution in [0.25, 0.3) is 10.2 Å². The number of nitrogens with zero attached hydrogens (tertiary/aromatic N) is 1. The van der Waals surface area contributed by atoms with E-state index in [1.807, 2.05) is 0 Å². The number of hydrogen-bond acceptors (Lipinski definition) is 9. The smallest absolute Gasteiger partial charge is 0.426 e. The summed E-state index contributed by atoms with van der Waals surface area (Å²) in [6.07, 6.45) is -0.761. The van der Waals surface area contributed by atoms with Crippen molar-refractivity contribution in [1.82, 2.24) is 20.8 Å². The molecule has 0 radical (unpaired) electrons. The predicted octanol–water partition coefficient (Wildman–Crippen LogP) is 2.26. The van der Waals surface area contributed by atoms with Crippen molar-refractivity contribution in [2.45, 2.75) is 46.0 Å². The number of amides is 2. The Morgan fingerprint density at radius 3 is 2.57 bits per heavy atom. The van der Waals surface area contributed by atoms with E-state index in [9.17, 15) is 19.2 Å². The molecular weight excluding hydrogens is 432 g/mol. The number of nitrogens with one attached hydrogen (secondary N) is 3. The molecule has 0 saturated heterocycles. The summed E-state index contributed by atoms with van der Waals surface area (Å²) in [5.74, 6) is -0.262. The zero-order chi connectivity index (χ0) is 22.5. The largest absolute Gasteiger partial charge is 0.462 e. The van der Waals surface area contributed by atoms with Gasteiger partial charge in [0, 0.05) is 0 Å². The van der Waals surface area contributed by atoms with Gasteiger partial charge in [-0.1, -0.05) is 0 Å². The molecule has 2 rings (SSSR count). The van der Waals surface area contributed by atoms with Crippen LogP contribution in [0.5, 0.6) is 0 Å². The van der Waals surface area contributed by atoms with Crippen LogP contribution in [0.15, 0.2) is 4.79 Å². The summed E-state index contributed by atoms with van der Waals surface area (Å²) in [5.41, 5.74) is 3.91. The number of esters is 1. The number of fused-ring (bicyclic) bond motifs is 1. The number of rotatable bonds is 6. The van der Waals surface area contributed by atoms with Crippen LogP contribution >= 0.6 is 23.1 Å². The van der Waals surface area contributed by atoms with E-state index in [-0.39, 0.29) is 23.7 Å². The first-order chi connectivity index (χ1) is 14.0. The maximum absolute atomic E-state index is 12.4. The molecule has 0 aliphatic carbocycles. The van der Waals surface area contributed by atoms with Crippen molar-refractivity contribution >= 4 is 51.3 Å². The summed E-state index contributed by atoms with van der Waals surface area (Å²) >= 11 is 2.30. The highest BCUT2D eigenvalue weighted by atomic mass is 32.2. The summed E-state index contributed by atoms with van der Waals surface area (Å²) in [5, 5.41) is 0.358. The molecule has 164 valence electrons. The molecule has 10 nitrogen and oxygen atoms in total. The summed E-state index contributed by atoms with van der Waals surface area (Å²) in [4.78, 5) is 55.6. The molecule has 3 N–H and O–H groups in total. The van der Waals surface area contributed by atoms with Gasteiger partial charge in [-0.05, 0) is 40.2 Å². The van der Waals surface area contributed by atoms with Crippen LogP contribution in [0.2, 0.25) is 0 Å². The van der Waals surface area contributed by atoms with Crippen LogP contribution in [0.3, 0.4) is 0 Å². The van der Waals surface area contributed by atoms with Crippen molar-refractivity contribution in [3.05, 3.63) is 26.6 Å². The maximum Gasteiger partial charge on any atom is 0.426 e. The second-order valence-corrected chi connectivity index (χ2v) is 9.12. The Morgan fingerprint density at radius 1 is 1.23 bits per heavy atom. The Balaban J connectivity index is 1.95. The fraction of sp³-hybridized carbons (Fsp3) is 0.500. The molecule has 2 aromatic rings. The van der Waals surface area contributed by atoms with Gasteiger partial charge in [-0.25, -0.2) is 20.0 Å². The second-order valence-electron chi connectivity index (χ2n) is 7.14. The van der Waals surface area contributed by atoms with Crippen LogP contribution in [0.4, 0.5) is 4.79 Å². The lowest BCUT2D eigenvalue weighted by molar-refractivity contribution is -0.119. The molecule has 30 heavy (non-hydrogen) atoms. The topological polar surface area (TPSA) is 139 Å². The number of thiophene rings is 1. The fourth-order valence-electron chi connectivity index (χ4n) is 2.35. The molecule has 0 unspecified atom stereocenters. The molecule has 12 heteroatoms. The molecule has 0 aliphatic heterocycles. The first kappa shape index (κ1) is 23.7. The van der Waals surface area contributed by atoms with Crippen molar-refractivity contribution in [2.75, 3.05) is 12.4 Å². The summed E-state index contributed by atoms with van der Waals surface area (Å²) < 4.78 is 10.0. The quantitative estimate of drug-likeness (QED) is 0.444. The average Bonchev–Trinajstić information content (AvgIpc) is 2.96. The van der Waals surface area contributed by atoms with Gasteiger partial charge in [-0.3, -0.25) is 15.0 Å². The van der Waals surface area contributed by atoms with Crippen LogP contribution in [0.1, 0.15) is 48.8 Å². The van der Waals surface area contributed by atoms with E-state index in [4.69, 9.17) is 9.47 Å². The van der Waals surface area contributed by atoms with Gasteiger partial charge in [0.25, 0.3) is 5.56 Å². The summed E-state index contributed by atoms with van der Waals surface area (Å²) in [7, 11) is 0. The Kier molecular flexibility index (Phi) is 7.84. The normalized spacial score (nSPS) is 11.2. The van der Waals surface area contributed by atoms with Crippen molar-refractivity contribution in [2.24, 2.45) is 0 Å². The number of H-pyrrole nitrogens is 1. The van der Waals surface area contributed by atoms with Crippen LogP contribution in [-0.2, 0) is 20.0 Å². The molecule has 0 aliphatic rings. The van der Waals surface area contributed by atoms with E-state index >= 15 is 0 Å². The van der Waals surface area contributed by atoms with Crippen LogP contribution in [-0.4, -0.2) is 45.9 Å². The first-order valence-electron chi connectivity index (χ1n) is 9.06. The SMILES string of the molecule is CCOC(=O)c1sc2nc(CSCC(=O)NNC(=O)OC(C)(C)C)[nH]c(=O)c2c1C. The molecule has 2 amide bonds. The maximum atomic E-state index is 12.4. The number of carbonyl (C=O) groups excluding carboxylic acids is 3. The van der Waals surface area contributed by atoms with Gasteiger partial charge >= 0.3 is 12.1 Å². The number of aryl methyl sites for hydroxylation is 1. The van der Waals surface area contributed by atoms with Crippen molar-refractivity contribution in [1.29, 1.82) is 0 Å². The lowest BCUT2D eigenvalue weighted by Crippen LogP contribution is -2.45. The number of carbonyl (C=O) groups is 3. The third kappa shape index (κ3) is 6.46. The highest BCUT2D eigenvalue weighted by molar-refractivity contribution is 7.99. The van der Waals surface area contributed by atoms with Crippen molar-refractivity contribution < 1.29 is 23.9 Å². The molecule has 0 atom stereocenters. The Hall–Kier alpha value is -2.60.